The van der Waals surface area contributed by atoms with Gasteiger partial charge in [-0.2, -0.15) is 4.31 Å². The van der Waals surface area contributed by atoms with Crippen LogP contribution < -0.4 is 10.2 Å². The van der Waals surface area contributed by atoms with Gasteiger partial charge in [-0.15, -0.1) is 0 Å². The summed E-state index contributed by atoms with van der Waals surface area (Å²) in [6.45, 7) is 5.17. The number of hydrogen-bond acceptors (Lipinski definition) is 4. The van der Waals surface area contributed by atoms with Crippen molar-refractivity contribution >= 4 is 27.5 Å². The van der Waals surface area contributed by atoms with Gasteiger partial charge in [-0.25, -0.2) is 8.42 Å². The van der Waals surface area contributed by atoms with Crippen LogP contribution in [0.1, 0.15) is 28.7 Å². The maximum absolute atomic E-state index is 12.8. The Labute approximate surface area is 189 Å². The zero-order valence-electron chi connectivity index (χ0n) is 18.5. The van der Waals surface area contributed by atoms with Crippen LogP contribution in [0.15, 0.2) is 42.5 Å². The van der Waals surface area contributed by atoms with Gasteiger partial charge in [0.1, 0.15) is 0 Å². The topological polar surface area (TPSA) is 86.8 Å². The predicted molar refractivity (Wildman–Crippen MR) is 124 cm³/mol. The Bertz CT molecular complexity index is 1150. The Morgan fingerprint density at radius 1 is 1.09 bits per heavy atom. The Balaban J connectivity index is 1.30. The number of rotatable bonds is 6. The summed E-state index contributed by atoms with van der Waals surface area (Å²) in [5, 5.41) is 2.73. The molecule has 2 aliphatic rings. The van der Waals surface area contributed by atoms with Crippen molar-refractivity contribution in [2.24, 2.45) is 5.92 Å². The lowest BCUT2D eigenvalue weighted by Crippen LogP contribution is -2.41. The summed E-state index contributed by atoms with van der Waals surface area (Å²) >= 11 is 0. The lowest BCUT2D eigenvalue weighted by Gasteiger charge is -2.28. The number of carbonyl (C=O) groups excluding carboxylic acids is 2. The average Bonchev–Trinajstić information content (AvgIpc) is 3.17. The summed E-state index contributed by atoms with van der Waals surface area (Å²) in [4.78, 5) is 26.7. The number of fused-ring (bicyclic) bond motifs is 1. The number of hydrogen-bond donors (Lipinski definition) is 1. The van der Waals surface area contributed by atoms with E-state index in [4.69, 9.17) is 0 Å². The molecule has 0 saturated carbocycles. The van der Waals surface area contributed by atoms with Crippen molar-refractivity contribution in [1.82, 2.24) is 9.62 Å². The molecule has 2 heterocycles. The van der Waals surface area contributed by atoms with Crippen LogP contribution in [0.25, 0.3) is 0 Å². The van der Waals surface area contributed by atoms with Gasteiger partial charge in [-0.1, -0.05) is 30.3 Å². The molecule has 0 bridgehead atoms. The second-order valence-corrected chi connectivity index (χ2v) is 10.7. The summed E-state index contributed by atoms with van der Waals surface area (Å²) in [7, 11) is -3.48. The first-order chi connectivity index (χ1) is 15.2. The number of nitrogens with one attached hydrogen (secondary N) is 1. The molecule has 8 heteroatoms. The van der Waals surface area contributed by atoms with Crippen molar-refractivity contribution in [1.29, 1.82) is 0 Å². The van der Waals surface area contributed by atoms with Gasteiger partial charge in [0.25, 0.3) is 0 Å². The average molecular weight is 456 g/mol. The fourth-order valence-corrected chi connectivity index (χ4v) is 5.63. The maximum Gasteiger partial charge on any atom is 0.227 e. The van der Waals surface area contributed by atoms with Crippen molar-refractivity contribution in [2.45, 2.75) is 33.2 Å². The molecule has 0 radical (unpaired) electrons. The molecule has 2 aromatic carbocycles. The zero-order valence-corrected chi connectivity index (χ0v) is 19.3. The molecule has 1 saturated heterocycles. The first kappa shape index (κ1) is 22.5. The minimum absolute atomic E-state index is 0.0354. The summed E-state index contributed by atoms with van der Waals surface area (Å²) in [6, 6.07) is 13.7. The van der Waals surface area contributed by atoms with Gasteiger partial charge in [0.2, 0.25) is 21.8 Å². The Morgan fingerprint density at radius 2 is 1.84 bits per heavy atom. The molecule has 32 heavy (non-hydrogen) atoms. The van der Waals surface area contributed by atoms with E-state index in [0.29, 0.717) is 26.1 Å². The zero-order chi connectivity index (χ0) is 22.9. The largest absolute Gasteiger partial charge is 0.355 e. The number of benzene rings is 2. The second kappa shape index (κ2) is 9.03. The highest BCUT2D eigenvalue weighted by molar-refractivity contribution is 7.89. The first-order valence-corrected chi connectivity index (χ1v) is 12.6. The first-order valence-electron chi connectivity index (χ1n) is 10.9. The summed E-state index contributed by atoms with van der Waals surface area (Å²) < 4.78 is 27.0. The minimum atomic E-state index is -3.48. The molecule has 1 unspecified atom stereocenters. The van der Waals surface area contributed by atoms with Gasteiger partial charge in [0.05, 0.1) is 11.7 Å². The van der Waals surface area contributed by atoms with E-state index in [1.54, 1.807) is 4.90 Å². The summed E-state index contributed by atoms with van der Waals surface area (Å²) in [5.41, 5.74) is 5.25. The molecule has 1 N–H and O–H groups in total. The van der Waals surface area contributed by atoms with Crippen LogP contribution >= 0.6 is 0 Å². The molecule has 2 aromatic rings. The molecular formula is C24H29N3O4S. The number of nitrogens with zero attached hydrogens (tertiary/aromatic N) is 2. The molecule has 0 aliphatic carbocycles. The molecule has 1 fully saturated rings. The molecule has 0 spiro atoms. The number of carbonyl (C=O) groups is 2. The minimum Gasteiger partial charge on any atom is -0.355 e. The van der Waals surface area contributed by atoms with Gasteiger partial charge in [-0.05, 0) is 54.7 Å². The quantitative estimate of drug-likeness (QED) is 0.723. The van der Waals surface area contributed by atoms with E-state index in [9.17, 15) is 18.0 Å². The van der Waals surface area contributed by atoms with Gasteiger partial charge in [0.15, 0.2) is 0 Å². The predicted octanol–water partition coefficient (Wildman–Crippen LogP) is 2.16. The van der Waals surface area contributed by atoms with E-state index in [-0.39, 0.29) is 30.5 Å². The monoisotopic (exact) mass is 455 g/mol. The van der Waals surface area contributed by atoms with Crippen molar-refractivity contribution in [3.8, 4) is 0 Å². The van der Waals surface area contributed by atoms with Crippen LogP contribution in [-0.4, -0.2) is 49.9 Å². The van der Waals surface area contributed by atoms with Gasteiger partial charge < -0.3 is 10.2 Å². The van der Waals surface area contributed by atoms with Crippen molar-refractivity contribution in [3.05, 3.63) is 64.7 Å². The Kier molecular flexibility index (Phi) is 6.35. The second-order valence-electron chi connectivity index (χ2n) is 8.63. The van der Waals surface area contributed by atoms with Crippen LogP contribution in [0.3, 0.4) is 0 Å². The van der Waals surface area contributed by atoms with Gasteiger partial charge in [-0.3, -0.25) is 9.59 Å². The smallest absolute Gasteiger partial charge is 0.227 e. The Morgan fingerprint density at radius 3 is 2.59 bits per heavy atom. The summed E-state index contributed by atoms with van der Waals surface area (Å²) in [5.74, 6) is -0.992. The number of sulfonamides is 1. The van der Waals surface area contributed by atoms with E-state index >= 15 is 0 Å². The fourth-order valence-electron chi connectivity index (χ4n) is 4.31. The number of amides is 2. The highest BCUT2D eigenvalue weighted by atomic mass is 32.2. The van der Waals surface area contributed by atoms with Crippen LogP contribution in [0, 0.1) is 19.8 Å². The highest BCUT2D eigenvalue weighted by Crippen LogP contribution is 2.27. The SMILES string of the molecule is Cc1ccc(N2CC(C(=O)NCCS(=O)(=O)N3CCc4ccccc4C3)CC2=O)cc1C. The van der Waals surface area contributed by atoms with Crippen molar-refractivity contribution < 1.29 is 18.0 Å². The fraction of sp³-hybridized carbons (Fsp3) is 0.417. The summed E-state index contributed by atoms with van der Waals surface area (Å²) in [6.07, 6.45) is 0.828. The molecular weight excluding hydrogens is 426 g/mol. The standard InChI is InChI=1S/C24H29N3O4S/c1-17-7-8-22(13-18(17)2)27-16-21(14-23(27)28)24(29)25-10-12-32(30,31)26-11-9-19-5-3-4-6-20(19)15-26/h3-8,13,21H,9-12,14-16H2,1-2H3,(H,25,29). The lowest BCUT2D eigenvalue weighted by molar-refractivity contribution is -0.126. The third-order valence-electron chi connectivity index (χ3n) is 6.45. The van der Waals surface area contributed by atoms with Crippen LogP contribution in [0.2, 0.25) is 0 Å². The Hall–Kier alpha value is -2.71. The molecule has 0 aromatic heterocycles. The van der Waals surface area contributed by atoms with E-state index in [1.807, 2.05) is 56.3 Å². The maximum atomic E-state index is 12.8. The number of aryl methyl sites for hydroxylation is 2. The van der Waals surface area contributed by atoms with E-state index in [2.05, 4.69) is 5.32 Å². The molecule has 1 atom stereocenters. The van der Waals surface area contributed by atoms with E-state index < -0.39 is 15.9 Å². The van der Waals surface area contributed by atoms with E-state index in [0.717, 1.165) is 22.4 Å². The molecule has 2 aliphatic heterocycles. The van der Waals surface area contributed by atoms with Crippen LogP contribution in [0.4, 0.5) is 5.69 Å². The van der Waals surface area contributed by atoms with Crippen LogP contribution in [-0.2, 0) is 32.6 Å². The third kappa shape index (κ3) is 4.71. The highest BCUT2D eigenvalue weighted by Gasteiger charge is 2.35. The van der Waals surface area contributed by atoms with Gasteiger partial charge >= 0.3 is 0 Å². The van der Waals surface area contributed by atoms with Crippen molar-refractivity contribution in [3.63, 3.8) is 0 Å². The third-order valence-corrected chi connectivity index (χ3v) is 8.26. The molecule has 7 nitrogen and oxygen atoms in total. The normalized spacial score (nSPS) is 19.1. The van der Waals surface area contributed by atoms with E-state index in [1.165, 1.54) is 9.87 Å². The number of anilines is 1. The molecule has 4 rings (SSSR count). The lowest BCUT2D eigenvalue weighted by atomic mass is 10.0. The molecule has 170 valence electrons. The van der Waals surface area contributed by atoms with Crippen molar-refractivity contribution in [2.75, 3.05) is 30.3 Å². The van der Waals surface area contributed by atoms with Crippen LogP contribution in [0.5, 0.6) is 0 Å². The molecule has 2 amide bonds. The van der Waals surface area contributed by atoms with Gasteiger partial charge in [0, 0.05) is 38.3 Å².